The lowest BCUT2D eigenvalue weighted by molar-refractivity contribution is -0.0392. The van der Waals surface area contributed by atoms with E-state index < -0.39 is 0 Å². The third-order valence-corrected chi connectivity index (χ3v) is 5.09. The molecule has 130 valence electrons. The number of carbonyl (C=O) groups excluding carboxylic acids is 1. The summed E-state index contributed by atoms with van der Waals surface area (Å²) in [5.41, 5.74) is 1.12. The molecule has 1 amide bonds. The average Bonchev–Trinajstić information content (AvgIpc) is 3.09. The number of aromatic nitrogens is 2. The molecule has 4 rings (SSSR count). The lowest BCUT2D eigenvalue weighted by Gasteiger charge is -2.53. The SMILES string of the molecule is Cc1c(C(=O)N2CC(C)(C)C2c2nccn2C)oc2ccc(F)cc12. The maximum Gasteiger partial charge on any atom is 0.290 e. The quantitative estimate of drug-likeness (QED) is 0.712. The Labute approximate surface area is 145 Å². The summed E-state index contributed by atoms with van der Waals surface area (Å²) in [5, 5.41) is 0.636. The van der Waals surface area contributed by atoms with E-state index in [0.29, 0.717) is 23.1 Å². The van der Waals surface area contributed by atoms with Gasteiger partial charge in [0.25, 0.3) is 5.91 Å². The second-order valence-corrected chi connectivity index (χ2v) is 7.42. The van der Waals surface area contributed by atoms with E-state index in [4.69, 9.17) is 4.42 Å². The van der Waals surface area contributed by atoms with Crippen molar-refractivity contribution in [1.82, 2.24) is 14.5 Å². The zero-order valence-electron chi connectivity index (χ0n) is 14.7. The van der Waals surface area contributed by atoms with Gasteiger partial charge in [0.2, 0.25) is 0 Å². The van der Waals surface area contributed by atoms with Gasteiger partial charge in [-0.05, 0) is 25.1 Å². The number of carbonyl (C=O) groups is 1. The monoisotopic (exact) mass is 341 g/mol. The predicted molar refractivity (Wildman–Crippen MR) is 91.7 cm³/mol. The van der Waals surface area contributed by atoms with Gasteiger partial charge in [-0.1, -0.05) is 13.8 Å². The van der Waals surface area contributed by atoms with Crippen molar-refractivity contribution in [3.63, 3.8) is 0 Å². The highest BCUT2D eigenvalue weighted by Crippen LogP contribution is 2.48. The predicted octanol–water partition coefficient (Wildman–Crippen LogP) is 3.84. The van der Waals surface area contributed by atoms with Gasteiger partial charge in [-0.15, -0.1) is 0 Å². The maximum atomic E-state index is 13.5. The van der Waals surface area contributed by atoms with E-state index >= 15 is 0 Å². The number of likely N-dealkylation sites (tertiary alicyclic amines) is 1. The first-order chi connectivity index (χ1) is 11.8. The highest BCUT2D eigenvalue weighted by atomic mass is 19.1. The van der Waals surface area contributed by atoms with E-state index in [1.165, 1.54) is 12.1 Å². The van der Waals surface area contributed by atoms with E-state index in [-0.39, 0.29) is 28.9 Å². The Balaban J connectivity index is 1.74. The minimum Gasteiger partial charge on any atom is -0.451 e. The van der Waals surface area contributed by atoms with Crippen molar-refractivity contribution in [1.29, 1.82) is 0 Å². The van der Waals surface area contributed by atoms with Crippen molar-refractivity contribution in [3.8, 4) is 0 Å². The zero-order chi connectivity index (χ0) is 17.9. The number of imidazole rings is 1. The fraction of sp³-hybridized carbons (Fsp3) is 0.368. The average molecular weight is 341 g/mol. The molecule has 1 aromatic carbocycles. The number of rotatable bonds is 2. The normalized spacial score (nSPS) is 19.2. The topological polar surface area (TPSA) is 51.3 Å². The molecule has 1 unspecified atom stereocenters. The van der Waals surface area contributed by atoms with Gasteiger partial charge in [-0.3, -0.25) is 4.79 Å². The van der Waals surface area contributed by atoms with Crippen LogP contribution in [0.2, 0.25) is 0 Å². The number of nitrogens with zero attached hydrogens (tertiary/aromatic N) is 3. The number of hydrogen-bond acceptors (Lipinski definition) is 3. The molecule has 0 saturated carbocycles. The number of halogens is 1. The van der Waals surface area contributed by atoms with Crippen LogP contribution >= 0.6 is 0 Å². The Morgan fingerprint density at radius 1 is 1.40 bits per heavy atom. The second-order valence-electron chi connectivity index (χ2n) is 7.42. The third-order valence-electron chi connectivity index (χ3n) is 5.09. The zero-order valence-corrected chi connectivity index (χ0v) is 14.7. The summed E-state index contributed by atoms with van der Waals surface area (Å²) in [6.07, 6.45) is 3.61. The molecule has 0 radical (unpaired) electrons. The van der Waals surface area contributed by atoms with Crippen LogP contribution in [0.5, 0.6) is 0 Å². The van der Waals surface area contributed by atoms with Crippen molar-refractivity contribution < 1.29 is 13.6 Å². The van der Waals surface area contributed by atoms with Crippen LogP contribution in [0.3, 0.4) is 0 Å². The summed E-state index contributed by atoms with van der Waals surface area (Å²) >= 11 is 0. The van der Waals surface area contributed by atoms with Gasteiger partial charge in [0.15, 0.2) is 5.76 Å². The smallest absolute Gasteiger partial charge is 0.290 e. The van der Waals surface area contributed by atoms with Gasteiger partial charge >= 0.3 is 0 Å². The molecule has 0 N–H and O–H groups in total. The summed E-state index contributed by atoms with van der Waals surface area (Å²) in [6.45, 7) is 6.65. The lowest BCUT2D eigenvalue weighted by atomic mass is 9.74. The first-order valence-corrected chi connectivity index (χ1v) is 8.26. The van der Waals surface area contributed by atoms with Crippen LogP contribution in [-0.2, 0) is 7.05 Å². The van der Waals surface area contributed by atoms with Gasteiger partial charge in [-0.2, -0.15) is 0 Å². The van der Waals surface area contributed by atoms with E-state index in [9.17, 15) is 9.18 Å². The molecule has 0 aliphatic carbocycles. The van der Waals surface area contributed by atoms with Crippen LogP contribution in [0.1, 0.15) is 41.8 Å². The number of aryl methyl sites for hydroxylation is 2. The molecular weight excluding hydrogens is 321 g/mol. The number of hydrogen-bond donors (Lipinski definition) is 0. The maximum absolute atomic E-state index is 13.5. The summed E-state index contributed by atoms with van der Waals surface area (Å²) in [5.74, 6) is 0.604. The molecule has 1 aliphatic rings. The Kier molecular flexibility index (Phi) is 3.29. The van der Waals surface area contributed by atoms with Gasteiger partial charge in [0, 0.05) is 42.4 Å². The summed E-state index contributed by atoms with van der Waals surface area (Å²) in [7, 11) is 1.93. The molecule has 3 heterocycles. The van der Waals surface area contributed by atoms with Gasteiger partial charge < -0.3 is 13.9 Å². The third kappa shape index (κ3) is 2.27. The highest BCUT2D eigenvalue weighted by Gasteiger charge is 2.51. The number of furan rings is 1. The van der Waals surface area contributed by atoms with Crippen LogP contribution in [-0.4, -0.2) is 26.9 Å². The molecule has 0 spiro atoms. The Morgan fingerprint density at radius 2 is 2.16 bits per heavy atom. The molecule has 3 aromatic rings. The van der Waals surface area contributed by atoms with E-state index in [1.54, 1.807) is 24.1 Å². The first kappa shape index (κ1) is 15.9. The summed E-state index contributed by atoms with van der Waals surface area (Å²) in [6, 6.07) is 4.18. The number of fused-ring (bicyclic) bond motifs is 1. The van der Waals surface area contributed by atoms with Gasteiger partial charge in [0.1, 0.15) is 17.2 Å². The molecule has 2 aromatic heterocycles. The minimum atomic E-state index is -0.341. The van der Waals surface area contributed by atoms with Crippen molar-refractivity contribution in [3.05, 3.63) is 53.6 Å². The highest BCUT2D eigenvalue weighted by molar-refractivity contribution is 5.99. The Bertz CT molecular complexity index is 986. The first-order valence-electron chi connectivity index (χ1n) is 8.26. The van der Waals surface area contributed by atoms with Gasteiger partial charge in [-0.25, -0.2) is 9.37 Å². The van der Waals surface area contributed by atoms with Crippen LogP contribution in [0.15, 0.2) is 35.0 Å². The largest absolute Gasteiger partial charge is 0.451 e. The van der Waals surface area contributed by atoms with Crippen molar-refractivity contribution >= 4 is 16.9 Å². The molecule has 1 atom stereocenters. The number of benzene rings is 1. The van der Waals surface area contributed by atoms with Crippen molar-refractivity contribution in [2.45, 2.75) is 26.8 Å². The molecule has 1 fully saturated rings. The van der Waals surface area contributed by atoms with Gasteiger partial charge in [0.05, 0.1) is 6.04 Å². The standard InChI is InChI=1S/C19H20FN3O2/c1-11-13-9-12(20)5-6-14(13)25-15(11)18(24)23-10-19(2,3)16(23)17-21-7-8-22(17)4/h5-9,16H,10H2,1-4H3. The molecule has 1 aliphatic heterocycles. The van der Waals surface area contributed by atoms with Crippen LogP contribution in [0, 0.1) is 18.2 Å². The van der Waals surface area contributed by atoms with Crippen LogP contribution in [0.25, 0.3) is 11.0 Å². The van der Waals surface area contributed by atoms with Crippen LogP contribution < -0.4 is 0 Å². The number of amides is 1. The summed E-state index contributed by atoms with van der Waals surface area (Å²) < 4.78 is 21.2. The molecule has 25 heavy (non-hydrogen) atoms. The van der Waals surface area contributed by atoms with Crippen molar-refractivity contribution in [2.24, 2.45) is 12.5 Å². The second kappa shape index (κ2) is 5.18. The minimum absolute atomic E-state index is 0.0686. The molecule has 5 nitrogen and oxygen atoms in total. The lowest BCUT2D eigenvalue weighted by Crippen LogP contribution is -2.58. The molecule has 6 heteroatoms. The Morgan fingerprint density at radius 3 is 2.80 bits per heavy atom. The van der Waals surface area contributed by atoms with E-state index in [1.807, 2.05) is 17.8 Å². The van der Waals surface area contributed by atoms with E-state index in [0.717, 1.165) is 5.82 Å². The fourth-order valence-electron chi connectivity index (χ4n) is 3.77. The fourth-order valence-corrected chi connectivity index (χ4v) is 3.77. The summed E-state index contributed by atoms with van der Waals surface area (Å²) in [4.78, 5) is 19.3. The molecular formula is C19H20FN3O2. The van der Waals surface area contributed by atoms with Crippen molar-refractivity contribution in [2.75, 3.05) is 6.54 Å². The molecule has 0 bridgehead atoms. The Hall–Kier alpha value is -2.63. The van der Waals surface area contributed by atoms with Crippen LogP contribution in [0.4, 0.5) is 4.39 Å². The molecule has 1 saturated heterocycles. The van der Waals surface area contributed by atoms with E-state index in [2.05, 4.69) is 18.8 Å².